The van der Waals surface area contributed by atoms with Gasteiger partial charge in [0.05, 0.1) is 5.92 Å². The van der Waals surface area contributed by atoms with Crippen molar-refractivity contribution in [1.82, 2.24) is 10.2 Å². The quantitative estimate of drug-likeness (QED) is 0.812. The Labute approximate surface area is 136 Å². The zero-order chi connectivity index (χ0) is 16.8. The molecule has 0 aromatic carbocycles. The molecule has 1 aromatic rings. The zero-order valence-corrected chi connectivity index (χ0v) is 13.3. The maximum Gasteiger partial charge on any atom is 0.387 e. The molecule has 1 fully saturated rings. The topological polar surface area (TPSA) is 84.7 Å². The molecule has 1 aromatic heterocycles. The van der Waals surface area contributed by atoms with E-state index in [4.69, 9.17) is 5.73 Å². The summed E-state index contributed by atoms with van der Waals surface area (Å²) in [5.74, 6) is -0.946. The Morgan fingerprint density at radius 1 is 1.52 bits per heavy atom. The Kier molecular flexibility index (Phi) is 6.28. The summed E-state index contributed by atoms with van der Waals surface area (Å²) in [4.78, 5) is 26.2. The maximum absolute atomic E-state index is 12.5. The van der Waals surface area contributed by atoms with Crippen molar-refractivity contribution in [3.05, 3.63) is 16.3 Å². The van der Waals surface area contributed by atoms with Crippen molar-refractivity contribution in [2.24, 2.45) is 11.7 Å². The molecule has 1 saturated heterocycles. The number of hydrogen-bond acceptors (Lipinski definition) is 5. The number of piperidine rings is 1. The summed E-state index contributed by atoms with van der Waals surface area (Å²) in [6, 6.07) is 1.35. The van der Waals surface area contributed by atoms with Crippen LogP contribution in [0.15, 0.2) is 11.4 Å². The molecule has 2 amide bonds. The van der Waals surface area contributed by atoms with Gasteiger partial charge in [0, 0.05) is 26.2 Å². The number of hydrogen-bond donors (Lipinski definition) is 2. The summed E-state index contributed by atoms with van der Waals surface area (Å²) in [5, 5.41) is 4.24. The predicted molar refractivity (Wildman–Crippen MR) is 81.6 cm³/mol. The first-order chi connectivity index (χ1) is 11.0. The number of alkyl halides is 2. The van der Waals surface area contributed by atoms with Crippen LogP contribution >= 0.6 is 11.3 Å². The number of carbonyl (C=O) groups excluding carboxylic acids is 2. The van der Waals surface area contributed by atoms with Crippen LogP contribution in [0.2, 0.25) is 0 Å². The van der Waals surface area contributed by atoms with Crippen molar-refractivity contribution in [1.29, 1.82) is 0 Å². The molecule has 1 aliphatic rings. The lowest BCUT2D eigenvalue weighted by Gasteiger charge is -2.32. The number of nitrogens with zero attached hydrogens (tertiary/aromatic N) is 1. The third-order valence-corrected chi connectivity index (χ3v) is 4.45. The van der Waals surface area contributed by atoms with Crippen molar-refractivity contribution >= 4 is 23.2 Å². The summed E-state index contributed by atoms with van der Waals surface area (Å²) in [7, 11) is 0. The van der Waals surface area contributed by atoms with E-state index >= 15 is 0 Å². The van der Waals surface area contributed by atoms with Crippen LogP contribution in [0.25, 0.3) is 0 Å². The van der Waals surface area contributed by atoms with E-state index in [-0.39, 0.29) is 34.9 Å². The number of likely N-dealkylation sites (tertiary alicyclic amines) is 1. The van der Waals surface area contributed by atoms with Gasteiger partial charge in [0.15, 0.2) is 0 Å². The molecule has 128 valence electrons. The SMILES string of the molecule is NCCNC(=O)C1CCCN(C(=O)c2sccc2OC(F)F)C1. The lowest BCUT2D eigenvalue weighted by molar-refractivity contribution is -0.126. The molecule has 6 nitrogen and oxygen atoms in total. The van der Waals surface area contributed by atoms with E-state index in [2.05, 4.69) is 10.1 Å². The number of nitrogens with one attached hydrogen (secondary N) is 1. The van der Waals surface area contributed by atoms with Gasteiger partial charge >= 0.3 is 6.61 Å². The number of rotatable bonds is 6. The second kappa shape index (κ2) is 8.21. The van der Waals surface area contributed by atoms with Gasteiger partial charge in [-0.15, -0.1) is 11.3 Å². The van der Waals surface area contributed by atoms with Gasteiger partial charge in [-0.25, -0.2) is 0 Å². The molecule has 2 rings (SSSR count). The highest BCUT2D eigenvalue weighted by Gasteiger charge is 2.30. The first-order valence-corrected chi connectivity index (χ1v) is 8.20. The van der Waals surface area contributed by atoms with Crippen molar-refractivity contribution in [3.63, 3.8) is 0 Å². The highest BCUT2D eigenvalue weighted by molar-refractivity contribution is 7.12. The number of amides is 2. The van der Waals surface area contributed by atoms with Gasteiger partial charge in [0.1, 0.15) is 10.6 Å². The summed E-state index contributed by atoms with van der Waals surface area (Å²) in [6.07, 6.45) is 1.37. The van der Waals surface area contributed by atoms with Crippen LogP contribution in [-0.2, 0) is 4.79 Å². The molecule has 3 N–H and O–H groups in total. The molecular weight excluding hydrogens is 328 g/mol. The minimum absolute atomic E-state index is 0.121. The minimum atomic E-state index is -2.98. The van der Waals surface area contributed by atoms with E-state index in [0.717, 1.165) is 11.3 Å². The van der Waals surface area contributed by atoms with Crippen LogP contribution in [0.3, 0.4) is 0 Å². The summed E-state index contributed by atoms with van der Waals surface area (Å²) >= 11 is 1.05. The summed E-state index contributed by atoms with van der Waals surface area (Å²) in [5.41, 5.74) is 5.35. The third-order valence-electron chi connectivity index (χ3n) is 3.56. The molecule has 1 atom stereocenters. The van der Waals surface area contributed by atoms with Crippen LogP contribution in [0.1, 0.15) is 22.5 Å². The average molecular weight is 347 g/mol. The molecule has 23 heavy (non-hydrogen) atoms. The summed E-state index contributed by atoms with van der Waals surface area (Å²) < 4.78 is 29.1. The second-order valence-corrected chi connectivity index (χ2v) is 6.08. The normalized spacial score (nSPS) is 18.1. The number of nitrogens with two attached hydrogens (primary N) is 1. The average Bonchev–Trinajstić information content (AvgIpc) is 2.99. The molecule has 1 aliphatic heterocycles. The fourth-order valence-electron chi connectivity index (χ4n) is 2.50. The second-order valence-electron chi connectivity index (χ2n) is 5.16. The van der Waals surface area contributed by atoms with E-state index < -0.39 is 6.61 Å². The predicted octanol–water partition coefficient (Wildman–Crippen LogP) is 1.28. The van der Waals surface area contributed by atoms with Gasteiger partial charge in [-0.1, -0.05) is 0 Å². The Morgan fingerprint density at radius 3 is 3.00 bits per heavy atom. The monoisotopic (exact) mass is 347 g/mol. The number of carbonyl (C=O) groups is 2. The van der Waals surface area contributed by atoms with Crippen LogP contribution in [-0.4, -0.2) is 49.5 Å². The van der Waals surface area contributed by atoms with Crippen molar-refractivity contribution in [3.8, 4) is 5.75 Å². The van der Waals surface area contributed by atoms with E-state index in [1.807, 2.05) is 0 Å². The van der Waals surface area contributed by atoms with Crippen LogP contribution in [0.4, 0.5) is 8.78 Å². The highest BCUT2D eigenvalue weighted by atomic mass is 32.1. The minimum Gasteiger partial charge on any atom is -0.433 e. The first-order valence-electron chi connectivity index (χ1n) is 7.32. The Hall–Kier alpha value is -1.74. The van der Waals surface area contributed by atoms with Crippen LogP contribution < -0.4 is 15.8 Å². The lowest BCUT2D eigenvalue weighted by atomic mass is 9.97. The largest absolute Gasteiger partial charge is 0.433 e. The van der Waals surface area contributed by atoms with Gasteiger partial charge in [0.25, 0.3) is 5.91 Å². The maximum atomic E-state index is 12.5. The van der Waals surface area contributed by atoms with Crippen LogP contribution in [0, 0.1) is 5.92 Å². The fourth-order valence-corrected chi connectivity index (χ4v) is 3.29. The van der Waals surface area contributed by atoms with Crippen molar-refractivity contribution in [2.75, 3.05) is 26.2 Å². The first kappa shape index (κ1) is 17.6. The van der Waals surface area contributed by atoms with Gasteiger partial charge in [-0.05, 0) is 24.3 Å². The van der Waals surface area contributed by atoms with Crippen molar-refractivity contribution < 1.29 is 23.1 Å². The Balaban J connectivity index is 2.02. The molecule has 0 aliphatic carbocycles. The summed E-state index contributed by atoms with van der Waals surface area (Å²) in [6.45, 7) is -1.48. The molecular formula is C14H19F2N3O3S. The Bertz CT molecular complexity index is 553. The van der Waals surface area contributed by atoms with E-state index in [1.165, 1.54) is 16.3 Å². The molecule has 0 saturated carbocycles. The highest BCUT2D eigenvalue weighted by Crippen LogP contribution is 2.29. The third kappa shape index (κ3) is 4.61. The van der Waals surface area contributed by atoms with Gasteiger partial charge < -0.3 is 20.7 Å². The number of thiophene rings is 1. The van der Waals surface area contributed by atoms with Gasteiger partial charge in [-0.3, -0.25) is 9.59 Å². The molecule has 2 heterocycles. The fraction of sp³-hybridized carbons (Fsp3) is 0.571. The van der Waals surface area contributed by atoms with E-state index in [1.54, 1.807) is 0 Å². The van der Waals surface area contributed by atoms with Crippen molar-refractivity contribution in [2.45, 2.75) is 19.5 Å². The van der Waals surface area contributed by atoms with Gasteiger partial charge in [-0.2, -0.15) is 8.78 Å². The van der Waals surface area contributed by atoms with Gasteiger partial charge in [0.2, 0.25) is 5.91 Å². The van der Waals surface area contributed by atoms with E-state index in [0.29, 0.717) is 32.5 Å². The van der Waals surface area contributed by atoms with E-state index in [9.17, 15) is 18.4 Å². The zero-order valence-electron chi connectivity index (χ0n) is 12.5. The molecule has 0 spiro atoms. The standard InChI is InChI=1S/C14H19F2N3O3S/c15-14(16)22-10-3-7-23-11(10)13(21)19-6-1-2-9(8-19)12(20)18-5-4-17/h3,7,9,14H,1-2,4-6,8,17H2,(H,18,20). The molecule has 9 heteroatoms. The smallest absolute Gasteiger partial charge is 0.387 e. The lowest BCUT2D eigenvalue weighted by Crippen LogP contribution is -2.46. The molecule has 0 bridgehead atoms. The van der Waals surface area contributed by atoms with Crippen LogP contribution in [0.5, 0.6) is 5.75 Å². The number of halogens is 2. The molecule has 1 unspecified atom stereocenters. The molecule has 0 radical (unpaired) electrons. The number of ether oxygens (including phenoxy) is 1. The Morgan fingerprint density at radius 2 is 2.30 bits per heavy atom.